The van der Waals surface area contributed by atoms with Crippen LogP contribution in [0.2, 0.25) is 0 Å². The van der Waals surface area contributed by atoms with Crippen molar-refractivity contribution in [1.82, 2.24) is 4.31 Å². The number of nitrogens with zero attached hydrogens (tertiary/aromatic N) is 1. The van der Waals surface area contributed by atoms with Crippen LogP contribution < -0.4 is 0 Å². The lowest BCUT2D eigenvalue weighted by molar-refractivity contribution is -0.138. The van der Waals surface area contributed by atoms with Crippen molar-refractivity contribution in [2.24, 2.45) is 5.41 Å². The maximum atomic E-state index is 11.8. The predicted octanol–water partition coefficient (Wildman–Crippen LogP) is 1.30. The quantitative estimate of drug-likeness (QED) is 0.829. The van der Waals surface area contributed by atoms with E-state index < -0.39 is 22.0 Å². The minimum atomic E-state index is -3.23. The third-order valence-electron chi connectivity index (χ3n) is 2.80. The van der Waals surface area contributed by atoms with Gasteiger partial charge in [-0.25, -0.2) is 8.42 Å². The molecule has 0 saturated carbocycles. The molecule has 1 heterocycles. The second-order valence-corrected chi connectivity index (χ2v) is 7.84. The van der Waals surface area contributed by atoms with Crippen LogP contribution in [0.25, 0.3) is 0 Å². The van der Waals surface area contributed by atoms with Crippen LogP contribution in [-0.2, 0) is 14.8 Å². The van der Waals surface area contributed by atoms with Gasteiger partial charge >= 0.3 is 5.97 Å². The van der Waals surface area contributed by atoms with Crippen LogP contribution in [0.3, 0.4) is 0 Å². The summed E-state index contributed by atoms with van der Waals surface area (Å²) in [6, 6.07) is -0.417. The highest BCUT2D eigenvalue weighted by Crippen LogP contribution is 2.29. The third kappa shape index (κ3) is 4.27. The van der Waals surface area contributed by atoms with E-state index in [9.17, 15) is 13.2 Å². The molecule has 0 aromatic carbocycles. The normalized spacial score (nSPS) is 22.5. The smallest absolute Gasteiger partial charge is 0.304 e. The van der Waals surface area contributed by atoms with Gasteiger partial charge in [-0.15, -0.1) is 0 Å². The van der Waals surface area contributed by atoms with Crippen molar-refractivity contribution in [2.45, 2.75) is 46.1 Å². The topological polar surface area (TPSA) is 74.7 Å². The Balaban J connectivity index is 2.86. The standard InChI is InChI=1S/C11H21NO4S/c1-11(2,3)8-9(7-10(13)14)12-5-4-6-17(12,15)16/h9H,4-8H2,1-3H3,(H,13,14). The maximum Gasteiger partial charge on any atom is 0.304 e. The Labute approximate surface area is 103 Å². The summed E-state index contributed by atoms with van der Waals surface area (Å²) in [5.74, 6) is -0.797. The summed E-state index contributed by atoms with van der Waals surface area (Å²) in [4.78, 5) is 10.8. The monoisotopic (exact) mass is 263 g/mol. The fourth-order valence-electron chi connectivity index (χ4n) is 2.25. The SMILES string of the molecule is CC(C)(C)CC(CC(=O)O)N1CCCS1(=O)=O. The van der Waals surface area contributed by atoms with Crippen LogP contribution >= 0.6 is 0 Å². The highest BCUT2D eigenvalue weighted by molar-refractivity contribution is 7.89. The minimum absolute atomic E-state index is 0.0851. The molecule has 0 aromatic rings. The summed E-state index contributed by atoms with van der Waals surface area (Å²) >= 11 is 0. The van der Waals surface area contributed by atoms with E-state index in [0.717, 1.165) is 0 Å². The molecule has 0 aromatic heterocycles. The molecule has 1 saturated heterocycles. The van der Waals surface area contributed by atoms with E-state index in [2.05, 4.69) is 0 Å². The summed E-state index contributed by atoms with van der Waals surface area (Å²) in [5, 5.41) is 8.89. The Morgan fingerprint density at radius 2 is 2.00 bits per heavy atom. The van der Waals surface area contributed by atoms with Crippen molar-refractivity contribution in [1.29, 1.82) is 0 Å². The van der Waals surface area contributed by atoms with Crippen LogP contribution in [0.15, 0.2) is 0 Å². The molecule has 100 valence electrons. The van der Waals surface area contributed by atoms with Gasteiger partial charge in [0.2, 0.25) is 10.0 Å². The number of carbonyl (C=O) groups is 1. The van der Waals surface area contributed by atoms with Crippen LogP contribution in [-0.4, -0.2) is 42.1 Å². The molecule has 1 rings (SSSR count). The van der Waals surface area contributed by atoms with Crippen molar-refractivity contribution < 1.29 is 18.3 Å². The van der Waals surface area contributed by atoms with Crippen molar-refractivity contribution >= 4 is 16.0 Å². The molecule has 0 aliphatic carbocycles. The minimum Gasteiger partial charge on any atom is -0.481 e. The Bertz CT molecular complexity index is 383. The molecule has 1 aliphatic rings. The molecule has 0 amide bonds. The number of sulfonamides is 1. The van der Waals surface area contributed by atoms with Gasteiger partial charge in [0.15, 0.2) is 0 Å². The van der Waals surface area contributed by atoms with E-state index in [1.54, 1.807) is 0 Å². The lowest BCUT2D eigenvalue weighted by Crippen LogP contribution is -2.40. The fourth-order valence-corrected chi connectivity index (χ4v) is 3.99. The lowest BCUT2D eigenvalue weighted by Gasteiger charge is -2.30. The number of aliphatic carboxylic acids is 1. The molecular formula is C11H21NO4S. The molecule has 1 N–H and O–H groups in total. The molecule has 0 spiro atoms. The highest BCUT2D eigenvalue weighted by Gasteiger charge is 2.37. The van der Waals surface area contributed by atoms with E-state index >= 15 is 0 Å². The van der Waals surface area contributed by atoms with E-state index in [-0.39, 0.29) is 17.6 Å². The van der Waals surface area contributed by atoms with Gasteiger partial charge in [0.05, 0.1) is 12.2 Å². The summed E-state index contributed by atoms with van der Waals surface area (Å²) < 4.78 is 25.0. The molecule has 0 radical (unpaired) electrons. The van der Waals surface area contributed by atoms with Crippen LogP contribution in [0.4, 0.5) is 0 Å². The molecule has 1 aliphatic heterocycles. The van der Waals surface area contributed by atoms with Gasteiger partial charge in [-0.2, -0.15) is 4.31 Å². The zero-order valence-electron chi connectivity index (χ0n) is 10.6. The van der Waals surface area contributed by atoms with Crippen LogP contribution in [0.1, 0.15) is 40.0 Å². The molecule has 6 heteroatoms. The average molecular weight is 263 g/mol. The van der Waals surface area contributed by atoms with Crippen molar-refractivity contribution in [3.63, 3.8) is 0 Å². The Morgan fingerprint density at radius 1 is 1.41 bits per heavy atom. The molecule has 1 unspecified atom stereocenters. The van der Waals surface area contributed by atoms with E-state index in [0.29, 0.717) is 19.4 Å². The third-order valence-corrected chi connectivity index (χ3v) is 4.80. The lowest BCUT2D eigenvalue weighted by atomic mass is 9.87. The molecule has 1 atom stereocenters. The Kier molecular flexibility index (Phi) is 4.19. The Morgan fingerprint density at radius 3 is 2.35 bits per heavy atom. The van der Waals surface area contributed by atoms with Crippen LogP contribution in [0.5, 0.6) is 0 Å². The van der Waals surface area contributed by atoms with Gasteiger partial charge in [-0.3, -0.25) is 4.79 Å². The van der Waals surface area contributed by atoms with Gasteiger partial charge in [-0.05, 0) is 18.3 Å². The molecule has 17 heavy (non-hydrogen) atoms. The van der Waals surface area contributed by atoms with Crippen molar-refractivity contribution in [2.75, 3.05) is 12.3 Å². The molecule has 5 nitrogen and oxygen atoms in total. The second-order valence-electron chi connectivity index (χ2n) is 5.80. The number of hydrogen-bond acceptors (Lipinski definition) is 3. The van der Waals surface area contributed by atoms with Gasteiger partial charge < -0.3 is 5.11 Å². The van der Waals surface area contributed by atoms with Gasteiger partial charge in [0.25, 0.3) is 0 Å². The summed E-state index contributed by atoms with van der Waals surface area (Å²) in [5.41, 5.74) is -0.0851. The summed E-state index contributed by atoms with van der Waals surface area (Å²) in [6.45, 7) is 6.43. The number of rotatable bonds is 4. The zero-order chi connectivity index (χ0) is 13.3. The van der Waals surface area contributed by atoms with Crippen molar-refractivity contribution in [3.8, 4) is 0 Å². The predicted molar refractivity (Wildman–Crippen MR) is 65.2 cm³/mol. The first-order chi connectivity index (χ1) is 7.62. The first kappa shape index (κ1) is 14.4. The van der Waals surface area contributed by atoms with Crippen LogP contribution in [0, 0.1) is 5.41 Å². The number of hydrogen-bond donors (Lipinski definition) is 1. The van der Waals surface area contributed by atoms with E-state index in [1.807, 2.05) is 20.8 Å². The summed E-state index contributed by atoms with van der Waals surface area (Å²) in [7, 11) is -3.23. The second kappa shape index (κ2) is 4.94. The average Bonchev–Trinajstić information content (AvgIpc) is 2.40. The van der Waals surface area contributed by atoms with Gasteiger partial charge in [0, 0.05) is 12.6 Å². The Hall–Kier alpha value is -0.620. The van der Waals surface area contributed by atoms with Crippen molar-refractivity contribution in [3.05, 3.63) is 0 Å². The highest BCUT2D eigenvalue weighted by atomic mass is 32.2. The van der Waals surface area contributed by atoms with Gasteiger partial charge in [0.1, 0.15) is 0 Å². The van der Waals surface area contributed by atoms with Gasteiger partial charge in [-0.1, -0.05) is 20.8 Å². The number of carboxylic acids is 1. The van der Waals surface area contributed by atoms with E-state index in [4.69, 9.17) is 5.11 Å². The largest absolute Gasteiger partial charge is 0.481 e. The number of carboxylic acid groups (broad SMARTS) is 1. The first-order valence-electron chi connectivity index (χ1n) is 5.83. The summed E-state index contributed by atoms with van der Waals surface area (Å²) in [6.07, 6.45) is 1.05. The molecular weight excluding hydrogens is 242 g/mol. The maximum absolute atomic E-state index is 11.8. The first-order valence-corrected chi connectivity index (χ1v) is 7.44. The van der Waals surface area contributed by atoms with E-state index in [1.165, 1.54) is 4.31 Å². The zero-order valence-corrected chi connectivity index (χ0v) is 11.5. The molecule has 0 bridgehead atoms. The fraction of sp³-hybridized carbons (Fsp3) is 0.909. The molecule has 1 fully saturated rings.